The fourth-order valence-electron chi connectivity index (χ4n) is 10.4. The van der Waals surface area contributed by atoms with E-state index in [4.69, 9.17) is 50.7 Å². The predicted molar refractivity (Wildman–Crippen MR) is 322 cm³/mol. The summed E-state index contributed by atoms with van der Waals surface area (Å²) in [6.07, 6.45) is 8.57. The lowest BCUT2D eigenvalue weighted by Crippen LogP contribution is -2.50. The molecule has 0 bridgehead atoms. The van der Waals surface area contributed by atoms with Crippen LogP contribution in [0.5, 0.6) is 11.5 Å². The molecule has 3 aromatic heterocycles. The second-order valence-corrected chi connectivity index (χ2v) is 22.3. The van der Waals surface area contributed by atoms with Gasteiger partial charge in [-0.25, -0.2) is 8.78 Å². The van der Waals surface area contributed by atoms with E-state index in [1.807, 2.05) is 77.7 Å². The minimum Gasteiger partial charge on any atom is -0.490 e. The van der Waals surface area contributed by atoms with Crippen molar-refractivity contribution in [1.29, 1.82) is 0 Å². The average Bonchev–Trinajstić information content (AvgIpc) is 4.47. The summed E-state index contributed by atoms with van der Waals surface area (Å²) in [4.78, 5) is 67.8. The number of benzene rings is 6. The molecule has 3 fully saturated rings. The van der Waals surface area contributed by atoms with Gasteiger partial charge < -0.3 is 44.0 Å². The molecule has 4 amide bonds. The third kappa shape index (κ3) is 14.3. The Kier molecular flexibility index (Phi) is 17.8. The maximum absolute atomic E-state index is 13.3. The lowest BCUT2D eigenvalue weighted by Gasteiger charge is -2.34. The van der Waals surface area contributed by atoms with Crippen LogP contribution in [0.25, 0.3) is 32.7 Å². The van der Waals surface area contributed by atoms with Gasteiger partial charge in [0.05, 0.1) is 0 Å². The Bertz CT molecular complexity index is 3840. The van der Waals surface area contributed by atoms with Crippen LogP contribution in [-0.4, -0.2) is 123 Å². The molecule has 0 unspecified atom stereocenters. The van der Waals surface area contributed by atoms with E-state index in [0.29, 0.717) is 114 Å². The largest absolute Gasteiger partial charge is 0.490 e. The number of H-pyrrole nitrogens is 3. The number of hydrogen-bond acceptors (Lipinski definition) is 6. The first-order chi connectivity index (χ1) is 39.9. The van der Waals surface area contributed by atoms with Gasteiger partial charge in [0.25, 0.3) is 29.6 Å². The number of nitrogens with zero attached hydrogens (tertiary/aromatic N) is 4. The number of terminal acetylenes is 1. The molecule has 0 aliphatic carbocycles. The van der Waals surface area contributed by atoms with Crippen LogP contribution in [0.2, 0.25) is 15.1 Å². The Balaban J connectivity index is 0.000000139. The highest BCUT2D eigenvalue weighted by Crippen LogP contribution is 2.31. The Morgan fingerprint density at radius 2 is 0.880 bits per heavy atom. The Morgan fingerprint density at radius 3 is 1.27 bits per heavy atom. The SMILES string of the molecule is C#Cc1cccc(C(=O)N2CCN(C(=O)c3cc4cc(Cl)ccc4[nH]3)CC2)c1.CC(F)(F)c1ccc(OC2CCN(C(=O)c3cc4cc(Cl)ccc4[nH]3)CC2)cc1.Cc1ccc(OC2CCN(C(=O)c3cc4cc(Cl)ccc4[nH]3)CC2)cc1. The van der Waals surface area contributed by atoms with Crippen LogP contribution in [0, 0.1) is 19.3 Å². The first-order valence-corrected chi connectivity index (χ1v) is 28.5. The molecule has 83 heavy (non-hydrogen) atoms. The number of carbonyl (C=O) groups is 4. The van der Waals surface area contributed by atoms with Crippen molar-refractivity contribution >= 4 is 91.1 Å². The number of rotatable bonds is 9. The number of aromatic nitrogens is 3. The molecular weight excluding hydrogens is 1120 g/mol. The number of amides is 4. The number of piperidine rings is 2. The molecule has 426 valence electrons. The standard InChI is InChI=1S/C22H21ClF2N2O2.C22H18ClN3O2.C21H21ClN2O2/c1-22(24,25)15-2-5-17(6-3-15)29-18-8-10-27(11-9-18)21(28)20-13-14-12-16(23)4-7-19(14)26-20;1-2-15-4-3-5-16(12-15)21(27)25-8-10-26(11-9-25)22(28)20-14-17-13-18(23)6-7-19(17)24-20;1-14-2-5-17(6-3-14)26-18-8-10-24(11-9-18)21(25)20-13-15-12-16(22)4-7-19(15)23-20/h2-7,12-13,18,26H,8-11H2,1H3;1,3-7,12-14,24H,8-11H2;2-7,12-13,18,23H,8-11H2,1H3. The first kappa shape index (κ1) is 57.9. The monoisotopic (exact) mass is 1180 g/mol. The Hall–Kier alpha value is -8.29. The van der Waals surface area contributed by atoms with E-state index in [-0.39, 0.29) is 41.4 Å². The van der Waals surface area contributed by atoms with Gasteiger partial charge in [-0.3, -0.25) is 19.2 Å². The van der Waals surface area contributed by atoms with E-state index in [9.17, 15) is 28.0 Å². The molecular formula is C65H60Cl3F2N7O6. The van der Waals surface area contributed by atoms with Crippen molar-refractivity contribution in [3.8, 4) is 23.8 Å². The molecule has 3 aliphatic rings. The van der Waals surface area contributed by atoms with Crippen molar-refractivity contribution in [1.82, 2.24) is 34.6 Å². The molecule has 3 saturated heterocycles. The highest BCUT2D eigenvalue weighted by atomic mass is 35.5. The molecule has 0 spiro atoms. The van der Waals surface area contributed by atoms with E-state index in [2.05, 4.69) is 39.9 Å². The molecule has 0 atom stereocenters. The van der Waals surface area contributed by atoms with Crippen LogP contribution >= 0.6 is 34.8 Å². The van der Waals surface area contributed by atoms with E-state index in [0.717, 1.165) is 58.2 Å². The number of likely N-dealkylation sites (tertiary alicyclic amines) is 2. The molecule has 12 rings (SSSR count). The van der Waals surface area contributed by atoms with E-state index in [1.54, 1.807) is 63.2 Å². The number of piperazine rings is 1. The smallest absolute Gasteiger partial charge is 0.270 e. The summed E-state index contributed by atoms with van der Waals surface area (Å²) >= 11 is 18.0. The normalized spacial score (nSPS) is 15.1. The van der Waals surface area contributed by atoms with Gasteiger partial charge in [-0.15, -0.1) is 6.42 Å². The minimum absolute atomic E-state index is 0.0334. The zero-order valence-electron chi connectivity index (χ0n) is 45.7. The van der Waals surface area contributed by atoms with E-state index >= 15 is 0 Å². The highest BCUT2D eigenvalue weighted by Gasteiger charge is 2.30. The predicted octanol–water partition coefficient (Wildman–Crippen LogP) is 13.8. The first-order valence-electron chi connectivity index (χ1n) is 27.4. The summed E-state index contributed by atoms with van der Waals surface area (Å²) in [5.74, 6) is 0.985. The summed E-state index contributed by atoms with van der Waals surface area (Å²) in [5.41, 5.74) is 6.78. The summed E-state index contributed by atoms with van der Waals surface area (Å²) in [6.45, 7) is 7.41. The van der Waals surface area contributed by atoms with Crippen molar-refractivity contribution in [3.05, 3.63) is 200 Å². The van der Waals surface area contributed by atoms with Crippen LogP contribution in [0.3, 0.4) is 0 Å². The number of aromatic amines is 3. The summed E-state index contributed by atoms with van der Waals surface area (Å²) in [7, 11) is 0. The maximum Gasteiger partial charge on any atom is 0.270 e. The van der Waals surface area contributed by atoms with Crippen molar-refractivity contribution < 1.29 is 37.4 Å². The van der Waals surface area contributed by atoms with Crippen LogP contribution in [0.15, 0.2) is 146 Å². The van der Waals surface area contributed by atoms with Gasteiger partial charge >= 0.3 is 0 Å². The summed E-state index contributed by atoms with van der Waals surface area (Å²) in [5, 5.41) is 4.69. The van der Waals surface area contributed by atoms with Gasteiger partial charge in [0.15, 0.2) is 0 Å². The van der Waals surface area contributed by atoms with Gasteiger partial charge in [0.2, 0.25) is 0 Å². The van der Waals surface area contributed by atoms with Crippen molar-refractivity contribution in [3.63, 3.8) is 0 Å². The lowest BCUT2D eigenvalue weighted by molar-refractivity contribution is 0.0173. The third-order valence-electron chi connectivity index (χ3n) is 15.0. The molecule has 9 aromatic rings. The van der Waals surface area contributed by atoms with Crippen molar-refractivity contribution in [2.24, 2.45) is 0 Å². The molecule has 6 aromatic carbocycles. The van der Waals surface area contributed by atoms with Gasteiger partial charge in [-0.1, -0.05) is 64.5 Å². The van der Waals surface area contributed by atoms with Gasteiger partial charge in [0.1, 0.15) is 40.8 Å². The quantitative estimate of drug-likeness (QED) is 0.123. The zero-order chi connectivity index (χ0) is 58.4. The second kappa shape index (κ2) is 25.5. The van der Waals surface area contributed by atoms with E-state index < -0.39 is 5.92 Å². The van der Waals surface area contributed by atoms with Crippen molar-refractivity contribution in [2.45, 2.75) is 57.7 Å². The molecule has 0 radical (unpaired) electrons. The van der Waals surface area contributed by atoms with E-state index in [1.165, 1.54) is 17.7 Å². The average molecular weight is 1180 g/mol. The fraction of sp³-hybridized carbons (Fsp3) is 0.262. The topological polar surface area (TPSA) is 147 Å². The van der Waals surface area contributed by atoms with Gasteiger partial charge in [-0.05, 0) is 134 Å². The third-order valence-corrected chi connectivity index (χ3v) is 15.7. The summed E-state index contributed by atoms with van der Waals surface area (Å²) in [6, 6.07) is 43.1. The van der Waals surface area contributed by atoms with Crippen LogP contribution in [-0.2, 0) is 5.92 Å². The number of alkyl halides is 2. The van der Waals surface area contributed by atoms with Crippen LogP contribution < -0.4 is 9.47 Å². The van der Waals surface area contributed by atoms with Crippen LogP contribution in [0.1, 0.15) is 91.1 Å². The maximum atomic E-state index is 13.3. The Labute approximate surface area is 494 Å². The molecule has 18 heteroatoms. The van der Waals surface area contributed by atoms with Gasteiger partial charge in [0, 0.05) is 149 Å². The molecule has 3 aliphatic heterocycles. The Morgan fingerprint density at radius 1 is 0.506 bits per heavy atom. The number of carbonyl (C=O) groups excluding carboxylic acids is 4. The number of aryl methyl sites for hydroxylation is 1. The number of halogens is 5. The highest BCUT2D eigenvalue weighted by molar-refractivity contribution is 6.32. The van der Waals surface area contributed by atoms with Gasteiger partial charge in [-0.2, -0.15) is 0 Å². The number of fused-ring (bicyclic) bond motifs is 3. The number of ether oxygens (including phenoxy) is 2. The number of nitrogens with one attached hydrogen (secondary N) is 3. The molecule has 13 nitrogen and oxygen atoms in total. The van der Waals surface area contributed by atoms with Crippen LogP contribution in [0.4, 0.5) is 8.78 Å². The molecule has 3 N–H and O–H groups in total. The van der Waals surface area contributed by atoms with Crippen molar-refractivity contribution in [2.75, 3.05) is 52.4 Å². The second-order valence-electron chi connectivity index (χ2n) is 21.0. The molecule has 0 saturated carbocycles. The summed E-state index contributed by atoms with van der Waals surface area (Å²) < 4.78 is 38.6. The zero-order valence-corrected chi connectivity index (χ0v) is 48.0. The minimum atomic E-state index is -2.86. The number of hydrogen-bond donors (Lipinski definition) is 3. The fourth-order valence-corrected chi connectivity index (χ4v) is 10.9. The lowest BCUT2D eigenvalue weighted by atomic mass is 10.1. The molecule has 6 heterocycles.